The molecule has 1 aromatic rings. The molecule has 2 amide bonds. The SMILES string of the molecule is O=C1CS[C@@]2(CCCN3C(=O)CCOc4ccccc4C4CCC(CC4)OC[C@H]32)N1. The van der Waals surface area contributed by atoms with Crippen molar-refractivity contribution in [2.24, 2.45) is 0 Å². The molecule has 0 radical (unpaired) electrons. The fourth-order valence-corrected chi connectivity index (χ4v) is 6.86. The van der Waals surface area contributed by atoms with Crippen molar-refractivity contribution in [2.75, 3.05) is 25.5 Å². The van der Waals surface area contributed by atoms with Gasteiger partial charge in [-0.25, -0.2) is 0 Å². The number of para-hydroxylation sites is 1. The summed E-state index contributed by atoms with van der Waals surface area (Å²) in [5, 5.41) is 3.20. The summed E-state index contributed by atoms with van der Waals surface area (Å²) in [6.07, 6.45) is 6.56. The van der Waals surface area contributed by atoms with Crippen LogP contribution >= 0.6 is 11.8 Å². The summed E-state index contributed by atoms with van der Waals surface area (Å²) >= 11 is 1.65. The Balaban J connectivity index is 1.41. The summed E-state index contributed by atoms with van der Waals surface area (Å²) in [5.74, 6) is 2.01. The zero-order valence-corrected chi connectivity index (χ0v) is 18.1. The average molecular weight is 431 g/mol. The van der Waals surface area contributed by atoms with Gasteiger partial charge in [0.25, 0.3) is 0 Å². The van der Waals surface area contributed by atoms with Gasteiger partial charge in [-0.1, -0.05) is 18.2 Å². The van der Waals surface area contributed by atoms with Gasteiger partial charge in [0.1, 0.15) is 10.6 Å². The van der Waals surface area contributed by atoms with Gasteiger partial charge in [-0.15, -0.1) is 11.8 Å². The molecule has 2 bridgehead atoms. The first-order valence-corrected chi connectivity index (χ1v) is 12.2. The fourth-order valence-electron chi connectivity index (χ4n) is 5.53. The quantitative estimate of drug-likeness (QED) is 0.685. The molecule has 6 nitrogen and oxygen atoms in total. The van der Waals surface area contributed by atoms with Crippen LogP contribution in [-0.2, 0) is 14.3 Å². The molecule has 6 rings (SSSR count). The van der Waals surface area contributed by atoms with Gasteiger partial charge in [0, 0.05) is 6.54 Å². The zero-order valence-electron chi connectivity index (χ0n) is 17.3. The maximum Gasteiger partial charge on any atom is 0.231 e. The Labute approximate surface area is 182 Å². The Morgan fingerprint density at radius 2 is 1.97 bits per heavy atom. The van der Waals surface area contributed by atoms with Gasteiger partial charge in [-0.05, 0) is 56.1 Å². The third-order valence-electron chi connectivity index (χ3n) is 7.09. The smallest absolute Gasteiger partial charge is 0.231 e. The molecule has 4 heterocycles. The van der Waals surface area contributed by atoms with Crippen molar-refractivity contribution in [3.05, 3.63) is 29.8 Å². The van der Waals surface area contributed by atoms with Crippen LogP contribution in [0.15, 0.2) is 24.3 Å². The van der Waals surface area contributed by atoms with E-state index in [0.29, 0.717) is 37.9 Å². The zero-order chi connectivity index (χ0) is 20.6. The van der Waals surface area contributed by atoms with E-state index >= 15 is 0 Å². The molecule has 1 aromatic carbocycles. The number of hydrogen-bond donors (Lipinski definition) is 1. The van der Waals surface area contributed by atoms with Crippen LogP contribution in [-0.4, -0.2) is 59.2 Å². The molecule has 4 aliphatic heterocycles. The summed E-state index contributed by atoms with van der Waals surface area (Å²) in [6, 6.07) is 8.15. The van der Waals surface area contributed by atoms with Crippen molar-refractivity contribution in [3.63, 3.8) is 0 Å². The van der Waals surface area contributed by atoms with Gasteiger partial charge in [0.2, 0.25) is 11.8 Å². The summed E-state index contributed by atoms with van der Waals surface area (Å²) in [5.41, 5.74) is 1.26. The van der Waals surface area contributed by atoms with E-state index < -0.39 is 4.87 Å². The normalized spacial score (nSPS) is 34.7. The molecule has 5 aliphatic rings. The van der Waals surface area contributed by atoms with Crippen LogP contribution in [0.25, 0.3) is 0 Å². The largest absolute Gasteiger partial charge is 0.493 e. The Morgan fingerprint density at radius 1 is 1.13 bits per heavy atom. The number of carbonyl (C=O) groups excluding carboxylic acids is 2. The lowest BCUT2D eigenvalue weighted by atomic mass is 9.82. The minimum absolute atomic E-state index is 0.0640. The molecule has 2 atom stereocenters. The first kappa shape index (κ1) is 20.2. The second kappa shape index (κ2) is 8.42. The van der Waals surface area contributed by atoms with E-state index in [2.05, 4.69) is 17.4 Å². The number of amides is 2. The highest BCUT2D eigenvalue weighted by Crippen LogP contribution is 2.43. The van der Waals surface area contributed by atoms with Crippen LogP contribution in [0.5, 0.6) is 5.75 Å². The molecule has 162 valence electrons. The lowest BCUT2D eigenvalue weighted by molar-refractivity contribution is -0.141. The number of hydrogen-bond acceptors (Lipinski definition) is 5. The Hall–Kier alpha value is -1.73. The highest BCUT2D eigenvalue weighted by atomic mass is 32.2. The number of rotatable bonds is 0. The first-order chi connectivity index (χ1) is 14.6. The Bertz CT molecular complexity index is 810. The molecule has 30 heavy (non-hydrogen) atoms. The number of nitrogens with one attached hydrogen (secondary N) is 1. The van der Waals surface area contributed by atoms with Crippen LogP contribution in [0, 0.1) is 0 Å². The van der Waals surface area contributed by atoms with Crippen LogP contribution < -0.4 is 10.1 Å². The number of carbonyl (C=O) groups is 2. The van der Waals surface area contributed by atoms with E-state index in [-0.39, 0.29) is 24.0 Å². The molecule has 1 N–H and O–H groups in total. The summed E-state index contributed by atoms with van der Waals surface area (Å²) in [4.78, 5) is 26.8. The number of thioether (sulfide) groups is 1. The molecule has 0 aromatic heterocycles. The van der Waals surface area contributed by atoms with Crippen molar-refractivity contribution >= 4 is 23.6 Å². The van der Waals surface area contributed by atoms with Gasteiger partial charge < -0.3 is 19.7 Å². The van der Waals surface area contributed by atoms with Gasteiger partial charge in [-0.3, -0.25) is 9.59 Å². The van der Waals surface area contributed by atoms with Gasteiger partial charge in [0.15, 0.2) is 0 Å². The van der Waals surface area contributed by atoms with Crippen molar-refractivity contribution in [3.8, 4) is 5.75 Å². The molecule has 7 heteroatoms. The van der Waals surface area contributed by atoms with Gasteiger partial charge in [-0.2, -0.15) is 0 Å². The Morgan fingerprint density at radius 3 is 2.77 bits per heavy atom. The average Bonchev–Trinajstić information content (AvgIpc) is 3.13. The monoisotopic (exact) mass is 430 g/mol. The van der Waals surface area contributed by atoms with Gasteiger partial charge in [0.05, 0.1) is 37.5 Å². The topological polar surface area (TPSA) is 67.9 Å². The first-order valence-electron chi connectivity index (χ1n) is 11.2. The van der Waals surface area contributed by atoms with Crippen LogP contribution in [0.4, 0.5) is 0 Å². The molecule has 0 unspecified atom stereocenters. The van der Waals surface area contributed by atoms with Gasteiger partial charge >= 0.3 is 0 Å². The minimum atomic E-state index is -0.410. The number of piperidine rings is 1. The number of ether oxygens (including phenoxy) is 2. The van der Waals surface area contributed by atoms with Crippen molar-refractivity contribution in [1.82, 2.24) is 10.2 Å². The second-order valence-electron chi connectivity index (χ2n) is 8.88. The van der Waals surface area contributed by atoms with Crippen LogP contribution in [0.1, 0.15) is 56.4 Å². The van der Waals surface area contributed by atoms with E-state index in [0.717, 1.165) is 44.3 Å². The predicted octanol–water partition coefficient (Wildman–Crippen LogP) is 3.06. The van der Waals surface area contributed by atoms with E-state index in [4.69, 9.17) is 9.47 Å². The predicted molar refractivity (Wildman–Crippen MR) is 116 cm³/mol. The maximum absolute atomic E-state index is 13.2. The van der Waals surface area contributed by atoms with Crippen LogP contribution in [0.2, 0.25) is 0 Å². The fraction of sp³-hybridized carbons (Fsp3) is 0.652. The van der Waals surface area contributed by atoms with E-state index in [1.807, 2.05) is 17.0 Å². The van der Waals surface area contributed by atoms with Crippen molar-refractivity contribution in [1.29, 1.82) is 0 Å². The highest BCUT2D eigenvalue weighted by molar-refractivity contribution is 8.01. The molecular formula is C23H30N2O4S. The lowest BCUT2D eigenvalue weighted by Crippen LogP contribution is -2.64. The third kappa shape index (κ3) is 3.82. The lowest BCUT2D eigenvalue weighted by Gasteiger charge is -2.47. The molecule has 1 aliphatic carbocycles. The van der Waals surface area contributed by atoms with E-state index in [9.17, 15) is 9.59 Å². The van der Waals surface area contributed by atoms with Crippen LogP contribution in [0.3, 0.4) is 0 Å². The molecule has 2 saturated heterocycles. The van der Waals surface area contributed by atoms with Crippen molar-refractivity contribution < 1.29 is 19.1 Å². The highest BCUT2D eigenvalue weighted by Gasteiger charge is 2.51. The van der Waals surface area contributed by atoms with E-state index in [1.165, 1.54) is 5.56 Å². The molecule has 1 spiro atoms. The molecule has 1 saturated carbocycles. The second-order valence-corrected chi connectivity index (χ2v) is 10.2. The maximum atomic E-state index is 13.2. The molecule has 3 fully saturated rings. The summed E-state index contributed by atoms with van der Waals surface area (Å²) in [7, 11) is 0. The number of nitrogens with zero attached hydrogens (tertiary/aromatic N) is 1. The summed E-state index contributed by atoms with van der Waals surface area (Å²) in [6.45, 7) is 1.59. The standard InChI is InChI=1S/C23H30N2O4S/c26-21-15-30-23(24-21)11-3-12-25-20(23)14-29-17-8-6-16(7-9-17)18-4-1-2-5-19(18)28-13-10-22(25)27/h1-2,4-5,16-17,20H,3,6-15H2,(H,24,26)/t16?,17?,20-,23+/m0/s1. The van der Waals surface area contributed by atoms with Crippen molar-refractivity contribution in [2.45, 2.75) is 67.9 Å². The third-order valence-corrected chi connectivity index (χ3v) is 8.59. The number of fused-ring (bicyclic) bond motifs is 6. The summed E-state index contributed by atoms with van der Waals surface area (Å²) < 4.78 is 12.5. The molecular weight excluding hydrogens is 400 g/mol. The minimum Gasteiger partial charge on any atom is -0.493 e. The number of benzene rings is 1. The van der Waals surface area contributed by atoms with E-state index in [1.54, 1.807) is 11.8 Å². The Kier molecular flexibility index (Phi) is 5.67.